The summed E-state index contributed by atoms with van der Waals surface area (Å²) < 4.78 is 2.85. The summed E-state index contributed by atoms with van der Waals surface area (Å²) in [6.07, 6.45) is 7.55. The number of fused-ring (bicyclic) bond motifs is 2. The molecule has 6 heteroatoms. The van der Waals surface area contributed by atoms with Crippen molar-refractivity contribution in [1.82, 2.24) is 19.3 Å². The smallest absolute Gasteiger partial charge is 0.257 e. The predicted molar refractivity (Wildman–Crippen MR) is 95.0 cm³/mol. The van der Waals surface area contributed by atoms with Gasteiger partial charge in [-0.05, 0) is 46.1 Å². The molecule has 1 aliphatic rings. The number of imidazole rings is 1. The van der Waals surface area contributed by atoms with Crippen LogP contribution in [0.3, 0.4) is 0 Å². The first kappa shape index (κ1) is 15.3. The first-order valence-electron chi connectivity index (χ1n) is 8.05. The molecule has 24 heavy (non-hydrogen) atoms. The van der Waals surface area contributed by atoms with Crippen molar-refractivity contribution in [3.63, 3.8) is 0 Å². The van der Waals surface area contributed by atoms with Crippen LogP contribution in [0.2, 0.25) is 0 Å². The summed E-state index contributed by atoms with van der Waals surface area (Å²) in [5.41, 5.74) is 4.78. The molecule has 1 amide bonds. The summed E-state index contributed by atoms with van der Waals surface area (Å²) in [4.78, 5) is 23.4. The monoisotopic (exact) mass is 384 g/mol. The average molecular weight is 385 g/mol. The number of hydrogen-bond donors (Lipinski definition) is 0. The van der Waals surface area contributed by atoms with Crippen molar-refractivity contribution >= 4 is 27.5 Å². The van der Waals surface area contributed by atoms with Gasteiger partial charge in [-0.2, -0.15) is 0 Å². The second-order valence-corrected chi connectivity index (χ2v) is 6.83. The van der Waals surface area contributed by atoms with E-state index in [1.807, 2.05) is 27.8 Å². The van der Waals surface area contributed by atoms with Gasteiger partial charge in [0.15, 0.2) is 0 Å². The first-order valence-corrected chi connectivity index (χ1v) is 8.84. The van der Waals surface area contributed by atoms with E-state index < -0.39 is 0 Å². The van der Waals surface area contributed by atoms with Gasteiger partial charge in [0.2, 0.25) is 0 Å². The molecule has 0 unspecified atom stereocenters. The topological polar surface area (TPSA) is 50.5 Å². The Hall–Kier alpha value is -2.21. The quantitative estimate of drug-likeness (QED) is 0.693. The molecule has 3 aromatic heterocycles. The van der Waals surface area contributed by atoms with Crippen LogP contribution in [-0.2, 0) is 19.4 Å². The van der Waals surface area contributed by atoms with E-state index in [1.165, 1.54) is 5.56 Å². The Morgan fingerprint density at radius 1 is 1.33 bits per heavy atom. The number of amides is 1. The molecule has 1 aliphatic heterocycles. The number of pyridine rings is 2. The molecule has 0 saturated carbocycles. The van der Waals surface area contributed by atoms with Crippen LogP contribution in [0.25, 0.3) is 5.65 Å². The highest BCUT2D eigenvalue weighted by molar-refractivity contribution is 9.10. The van der Waals surface area contributed by atoms with E-state index in [2.05, 4.69) is 45.0 Å². The van der Waals surface area contributed by atoms with Crippen molar-refractivity contribution in [2.75, 3.05) is 6.54 Å². The molecule has 5 nitrogen and oxygen atoms in total. The third-order valence-electron chi connectivity index (χ3n) is 4.44. The maximum Gasteiger partial charge on any atom is 0.257 e. The van der Waals surface area contributed by atoms with Gasteiger partial charge < -0.3 is 9.30 Å². The standard InChI is InChI=1S/C18H17BrN4O/c1-2-12-4-7-22-10-13(21-16(22)9-12)5-8-23-11-15-17(18(23)24)14(19)3-6-20-15/h3-4,6-7,9-10H,2,5,8,11H2,1H3. The second kappa shape index (κ2) is 6.02. The minimum atomic E-state index is 0.0435. The zero-order valence-electron chi connectivity index (χ0n) is 13.4. The van der Waals surface area contributed by atoms with Gasteiger partial charge in [-0.1, -0.05) is 6.92 Å². The van der Waals surface area contributed by atoms with Crippen LogP contribution in [-0.4, -0.2) is 31.7 Å². The van der Waals surface area contributed by atoms with Crippen molar-refractivity contribution in [3.8, 4) is 0 Å². The molecule has 0 spiro atoms. The van der Waals surface area contributed by atoms with Crippen molar-refractivity contribution < 1.29 is 4.79 Å². The van der Waals surface area contributed by atoms with E-state index in [1.54, 1.807) is 6.20 Å². The third kappa shape index (κ3) is 2.60. The van der Waals surface area contributed by atoms with Crippen molar-refractivity contribution in [2.45, 2.75) is 26.3 Å². The molecule has 0 atom stereocenters. The lowest BCUT2D eigenvalue weighted by molar-refractivity contribution is 0.0779. The molecule has 0 saturated heterocycles. The lowest BCUT2D eigenvalue weighted by Crippen LogP contribution is -2.26. The number of halogens is 1. The Balaban J connectivity index is 1.50. The normalized spacial score (nSPS) is 13.8. The molecular weight excluding hydrogens is 368 g/mol. The van der Waals surface area contributed by atoms with Crippen LogP contribution in [0.4, 0.5) is 0 Å². The summed E-state index contributed by atoms with van der Waals surface area (Å²) in [5.74, 6) is 0.0435. The zero-order valence-corrected chi connectivity index (χ0v) is 15.0. The van der Waals surface area contributed by atoms with Crippen LogP contribution in [0.1, 0.15) is 34.2 Å². The number of carbonyl (C=O) groups excluding carboxylic acids is 1. The van der Waals surface area contributed by atoms with Crippen molar-refractivity contribution in [1.29, 1.82) is 0 Å². The number of aryl methyl sites for hydroxylation is 1. The summed E-state index contributed by atoms with van der Waals surface area (Å²) in [6.45, 7) is 3.35. The Kier molecular flexibility index (Phi) is 3.84. The van der Waals surface area contributed by atoms with Gasteiger partial charge in [0.25, 0.3) is 5.91 Å². The van der Waals surface area contributed by atoms with Crippen LogP contribution < -0.4 is 0 Å². The maximum absolute atomic E-state index is 12.5. The number of aromatic nitrogens is 3. The summed E-state index contributed by atoms with van der Waals surface area (Å²) in [6, 6.07) is 6.04. The molecule has 4 heterocycles. The van der Waals surface area contributed by atoms with Gasteiger partial charge in [-0.3, -0.25) is 9.78 Å². The SMILES string of the molecule is CCc1ccn2cc(CCN3Cc4nccc(Br)c4C3=O)nc2c1. The lowest BCUT2D eigenvalue weighted by atomic mass is 10.2. The Morgan fingerprint density at radius 3 is 3.00 bits per heavy atom. The van der Waals surface area contributed by atoms with Gasteiger partial charge >= 0.3 is 0 Å². The molecule has 0 aromatic carbocycles. The summed E-state index contributed by atoms with van der Waals surface area (Å²) >= 11 is 3.44. The molecule has 0 aliphatic carbocycles. The van der Waals surface area contributed by atoms with Crippen molar-refractivity contribution in [3.05, 3.63) is 63.8 Å². The third-order valence-corrected chi connectivity index (χ3v) is 5.10. The molecule has 0 N–H and O–H groups in total. The van der Waals surface area contributed by atoms with E-state index in [4.69, 9.17) is 0 Å². The minimum Gasteiger partial charge on any atom is -0.332 e. The van der Waals surface area contributed by atoms with E-state index in [0.29, 0.717) is 18.7 Å². The van der Waals surface area contributed by atoms with E-state index in [-0.39, 0.29) is 5.91 Å². The summed E-state index contributed by atoms with van der Waals surface area (Å²) in [7, 11) is 0. The minimum absolute atomic E-state index is 0.0435. The number of nitrogens with zero attached hydrogens (tertiary/aromatic N) is 4. The average Bonchev–Trinajstić information content (AvgIpc) is 3.13. The number of hydrogen-bond acceptors (Lipinski definition) is 3. The van der Waals surface area contributed by atoms with Crippen LogP contribution in [0, 0.1) is 0 Å². The fraction of sp³-hybridized carbons (Fsp3) is 0.278. The van der Waals surface area contributed by atoms with Gasteiger partial charge in [0, 0.05) is 36.0 Å². The van der Waals surface area contributed by atoms with Crippen LogP contribution in [0.15, 0.2) is 41.3 Å². The van der Waals surface area contributed by atoms with Crippen LogP contribution >= 0.6 is 15.9 Å². The van der Waals surface area contributed by atoms with Gasteiger partial charge in [0.1, 0.15) is 5.65 Å². The predicted octanol–water partition coefficient (Wildman–Crippen LogP) is 3.25. The van der Waals surface area contributed by atoms with Gasteiger partial charge in [-0.25, -0.2) is 4.98 Å². The Bertz CT molecular complexity index is 934. The van der Waals surface area contributed by atoms with E-state index in [9.17, 15) is 4.79 Å². The van der Waals surface area contributed by atoms with E-state index in [0.717, 1.165) is 34.3 Å². The molecule has 3 aromatic rings. The lowest BCUT2D eigenvalue weighted by Gasteiger charge is -2.14. The number of rotatable bonds is 4. The fourth-order valence-corrected chi connectivity index (χ4v) is 3.60. The highest BCUT2D eigenvalue weighted by atomic mass is 79.9. The van der Waals surface area contributed by atoms with E-state index >= 15 is 0 Å². The first-order chi connectivity index (χ1) is 11.7. The molecular formula is C18H17BrN4O. The summed E-state index contributed by atoms with van der Waals surface area (Å²) in [5, 5.41) is 0. The van der Waals surface area contributed by atoms with Crippen molar-refractivity contribution in [2.24, 2.45) is 0 Å². The van der Waals surface area contributed by atoms with Gasteiger partial charge in [0.05, 0.1) is 23.5 Å². The molecule has 4 rings (SSSR count). The maximum atomic E-state index is 12.5. The fourth-order valence-electron chi connectivity index (χ4n) is 3.08. The largest absolute Gasteiger partial charge is 0.332 e. The second-order valence-electron chi connectivity index (χ2n) is 5.98. The Labute approximate surface area is 148 Å². The highest BCUT2D eigenvalue weighted by Crippen LogP contribution is 2.27. The molecule has 0 fully saturated rings. The highest BCUT2D eigenvalue weighted by Gasteiger charge is 2.30. The van der Waals surface area contributed by atoms with Gasteiger partial charge in [-0.15, -0.1) is 0 Å². The molecule has 0 bridgehead atoms. The number of carbonyl (C=O) groups is 1. The zero-order chi connectivity index (χ0) is 16.7. The Morgan fingerprint density at radius 2 is 2.21 bits per heavy atom. The molecule has 0 radical (unpaired) electrons. The molecule has 122 valence electrons. The van der Waals surface area contributed by atoms with Crippen LogP contribution in [0.5, 0.6) is 0 Å².